The van der Waals surface area contributed by atoms with Gasteiger partial charge in [0.2, 0.25) is 0 Å². The summed E-state index contributed by atoms with van der Waals surface area (Å²) in [6.07, 6.45) is 1.89. The molecule has 6 nitrogen and oxygen atoms in total. The number of aliphatic carboxylic acids is 1. The van der Waals surface area contributed by atoms with Crippen LogP contribution in [-0.2, 0) is 4.79 Å². The van der Waals surface area contributed by atoms with Crippen molar-refractivity contribution in [2.75, 3.05) is 0 Å². The summed E-state index contributed by atoms with van der Waals surface area (Å²) >= 11 is 7.60. The number of hydrogen-bond donors (Lipinski definition) is 3. The quantitative estimate of drug-likeness (QED) is 0.754. The first kappa shape index (κ1) is 15.1. The van der Waals surface area contributed by atoms with Crippen LogP contribution in [0.15, 0.2) is 17.5 Å². The number of aromatic nitrogens is 2. The highest BCUT2D eigenvalue weighted by molar-refractivity contribution is 7.10. The first-order chi connectivity index (χ1) is 10.6. The van der Waals surface area contributed by atoms with E-state index in [2.05, 4.69) is 15.5 Å². The zero-order valence-corrected chi connectivity index (χ0v) is 13.1. The number of carboxylic acids is 1. The van der Waals surface area contributed by atoms with Crippen molar-refractivity contribution in [3.8, 4) is 0 Å². The van der Waals surface area contributed by atoms with Gasteiger partial charge in [0.25, 0.3) is 5.91 Å². The number of carbonyl (C=O) groups excluding carboxylic acids is 1. The minimum absolute atomic E-state index is 0.121. The molecular formula is C14H14ClN3O3S. The van der Waals surface area contributed by atoms with Gasteiger partial charge in [-0.2, -0.15) is 5.10 Å². The number of thiophene rings is 1. The van der Waals surface area contributed by atoms with Gasteiger partial charge >= 0.3 is 5.97 Å². The summed E-state index contributed by atoms with van der Waals surface area (Å²) in [7, 11) is 0. The normalized spacial score (nSPS) is 15.5. The standard InChI is InChI=1S/C14H14ClN3O3S/c15-11-12(7-3-4-7)17-18-13(11)14(21)16-8(6-10(19)20)9-2-1-5-22-9/h1-2,5,7-8H,3-4,6H2,(H,16,21)(H,17,18)(H,19,20). The number of hydrogen-bond acceptors (Lipinski definition) is 4. The molecule has 1 atom stereocenters. The van der Waals surface area contributed by atoms with Crippen LogP contribution in [0.25, 0.3) is 0 Å². The molecular weight excluding hydrogens is 326 g/mol. The molecule has 0 aromatic carbocycles. The van der Waals surface area contributed by atoms with E-state index in [9.17, 15) is 9.59 Å². The number of aromatic amines is 1. The monoisotopic (exact) mass is 339 g/mol. The molecule has 3 rings (SSSR count). The average molecular weight is 340 g/mol. The molecule has 2 heterocycles. The van der Waals surface area contributed by atoms with E-state index in [4.69, 9.17) is 16.7 Å². The Morgan fingerprint density at radius 2 is 2.32 bits per heavy atom. The first-order valence-corrected chi connectivity index (χ1v) is 8.12. The molecule has 0 bridgehead atoms. The molecule has 0 spiro atoms. The van der Waals surface area contributed by atoms with Crippen molar-refractivity contribution in [1.29, 1.82) is 0 Å². The number of nitrogens with zero attached hydrogens (tertiary/aromatic N) is 1. The van der Waals surface area contributed by atoms with Crippen LogP contribution in [0.1, 0.15) is 52.3 Å². The van der Waals surface area contributed by atoms with Crippen LogP contribution in [0.5, 0.6) is 0 Å². The largest absolute Gasteiger partial charge is 0.481 e. The minimum atomic E-state index is -0.981. The Morgan fingerprint density at radius 3 is 2.91 bits per heavy atom. The van der Waals surface area contributed by atoms with Crippen molar-refractivity contribution in [2.24, 2.45) is 0 Å². The van der Waals surface area contributed by atoms with Crippen LogP contribution in [0, 0.1) is 0 Å². The van der Waals surface area contributed by atoms with E-state index in [1.54, 1.807) is 6.07 Å². The molecule has 3 N–H and O–H groups in total. The summed E-state index contributed by atoms with van der Waals surface area (Å²) in [5.74, 6) is -1.09. The molecule has 8 heteroatoms. The molecule has 22 heavy (non-hydrogen) atoms. The number of H-pyrrole nitrogens is 1. The van der Waals surface area contributed by atoms with Crippen molar-refractivity contribution in [2.45, 2.75) is 31.2 Å². The van der Waals surface area contributed by atoms with Crippen LogP contribution in [0.4, 0.5) is 0 Å². The molecule has 116 valence electrons. The minimum Gasteiger partial charge on any atom is -0.481 e. The van der Waals surface area contributed by atoms with E-state index in [1.807, 2.05) is 11.4 Å². The van der Waals surface area contributed by atoms with Crippen LogP contribution in [-0.4, -0.2) is 27.2 Å². The number of halogens is 1. The Hall–Kier alpha value is -1.86. The Morgan fingerprint density at radius 1 is 1.55 bits per heavy atom. The van der Waals surface area contributed by atoms with E-state index in [0.717, 1.165) is 23.4 Å². The number of carboxylic acid groups (broad SMARTS) is 1. The van der Waals surface area contributed by atoms with Gasteiger partial charge in [-0.1, -0.05) is 17.7 Å². The highest BCUT2D eigenvalue weighted by Gasteiger charge is 2.31. The molecule has 1 aliphatic carbocycles. The second-order valence-electron chi connectivity index (χ2n) is 5.21. The lowest BCUT2D eigenvalue weighted by Crippen LogP contribution is -2.30. The van der Waals surface area contributed by atoms with Gasteiger partial charge in [-0.05, 0) is 24.3 Å². The fourth-order valence-corrected chi connectivity index (χ4v) is 3.35. The number of rotatable bonds is 6. The second kappa shape index (κ2) is 6.10. The van der Waals surface area contributed by atoms with Gasteiger partial charge in [0.1, 0.15) is 0 Å². The summed E-state index contributed by atoms with van der Waals surface area (Å²) in [6.45, 7) is 0. The summed E-state index contributed by atoms with van der Waals surface area (Å²) < 4.78 is 0. The zero-order valence-electron chi connectivity index (χ0n) is 11.5. The van der Waals surface area contributed by atoms with Gasteiger partial charge in [0, 0.05) is 10.8 Å². The topological polar surface area (TPSA) is 95.1 Å². The zero-order chi connectivity index (χ0) is 15.7. The van der Waals surface area contributed by atoms with Gasteiger partial charge in [-0.25, -0.2) is 0 Å². The van der Waals surface area contributed by atoms with E-state index in [0.29, 0.717) is 10.9 Å². The average Bonchev–Trinajstić information content (AvgIpc) is 3.00. The fourth-order valence-electron chi connectivity index (χ4n) is 2.25. The molecule has 0 radical (unpaired) electrons. The van der Waals surface area contributed by atoms with Gasteiger partial charge in [-0.3, -0.25) is 14.7 Å². The van der Waals surface area contributed by atoms with E-state index in [-0.39, 0.29) is 12.1 Å². The fraction of sp³-hybridized carbons (Fsp3) is 0.357. The van der Waals surface area contributed by atoms with Crippen LogP contribution in [0.3, 0.4) is 0 Å². The van der Waals surface area contributed by atoms with E-state index in [1.165, 1.54) is 11.3 Å². The van der Waals surface area contributed by atoms with Crippen molar-refractivity contribution < 1.29 is 14.7 Å². The van der Waals surface area contributed by atoms with E-state index < -0.39 is 17.9 Å². The second-order valence-corrected chi connectivity index (χ2v) is 6.57. The van der Waals surface area contributed by atoms with E-state index >= 15 is 0 Å². The molecule has 2 aromatic rings. The molecule has 1 unspecified atom stereocenters. The lowest BCUT2D eigenvalue weighted by Gasteiger charge is -2.14. The van der Waals surface area contributed by atoms with Gasteiger partial charge in [-0.15, -0.1) is 11.3 Å². The maximum Gasteiger partial charge on any atom is 0.305 e. The Labute approximate surface area is 135 Å². The molecule has 1 fully saturated rings. The third-order valence-electron chi connectivity index (χ3n) is 3.50. The summed E-state index contributed by atoms with van der Waals surface area (Å²) in [5, 5.41) is 20.7. The maximum atomic E-state index is 12.3. The summed E-state index contributed by atoms with van der Waals surface area (Å²) in [5.41, 5.74) is 0.910. The van der Waals surface area contributed by atoms with Crippen LogP contribution >= 0.6 is 22.9 Å². The highest BCUT2D eigenvalue weighted by atomic mass is 35.5. The van der Waals surface area contributed by atoms with Crippen molar-refractivity contribution in [3.63, 3.8) is 0 Å². The lowest BCUT2D eigenvalue weighted by molar-refractivity contribution is -0.137. The van der Waals surface area contributed by atoms with Crippen molar-refractivity contribution in [1.82, 2.24) is 15.5 Å². The Kier molecular flexibility index (Phi) is 4.17. The Balaban J connectivity index is 1.77. The molecule has 1 saturated carbocycles. The predicted octanol–water partition coefficient (Wildman–Crippen LogP) is 2.95. The first-order valence-electron chi connectivity index (χ1n) is 6.86. The van der Waals surface area contributed by atoms with Gasteiger partial charge in [0.05, 0.1) is 23.2 Å². The molecule has 2 aromatic heterocycles. The molecule has 0 saturated heterocycles. The maximum absolute atomic E-state index is 12.3. The third kappa shape index (κ3) is 3.15. The Bertz CT molecular complexity index is 694. The molecule has 1 aliphatic rings. The third-order valence-corrected chi connectivity index (χ3v) is 4.87. The van der Waals surface area contributed by atoms with Crippen LogP contribution < -0.4 is 5.32 Å². The van der Waals surface area contributed by atoms with Crippen molar-refractivity contribution in [3.05, 3.63) is 38.8 Å². The highest BCUT2D eigenvalue weighted by Crippen LogP contribution is 2.42. The van der Waals surface area contributed by atoms with Gasteiger partial charge < -0.3 is 10.4 Å². The van der Waals surface area contributed by atoms with Gasteiger partial charge in [0.15, 0.2) is 5.69 Å². The lowest BCUT2D eigenvalue weighted by atomic mass is 10.1. The molecule has 0 aliphatic heterocycles. The smallest absolute Gasteiger partial charge is 0.305 e. The molecule has 1 amide bonds. The summed E-state index contributed by atoms with van der Waals surface area (Å²) in [4.78, 5) is 24.1. The SMILES string of the molecule is O=C(O)CC(NC(=O)c1n[nH]c(C2CC2)c1Cl)c1cccs1. The number of amides is 1. The number of carbonyl (C=O) groups is 2. The number of nitrogens with one attached hydrogen (secondary N) is 2. The van der Waals surface area contributed by atoms with Crippen molar-refractivity contribution >= 4 is 34.8 Å². The predicted molar refractivity (Wildman–Crippen MR) is 82.4 cm³/mol. The summed E-state index contributed by atoms with van der Waals surface area (Å²) in [6, 6.07) is 3.01. The van der Waals surface area contributed by atoms with Crippen LogP contribution in [0.2, 0.25) is 5.02 Å².